The first-order chi connectivity index (χ1) is 13.3. The van der Waals surface area contributed by atoms with E-state index in [9.17, 15) is 0 Å². The van der Waals surface area contributed by atoms with Crippen molar-refractivity contribution in [2.75, 3.05) is 23.9 Å². The monoisotopic (exact) mass is 581 g/mol. The van der Waals surface area contributed by atoms with Crippen LogP contribution in [0.2, 0.25) is 13.1 Å². The van der Waals surface area contributed by atoms with Gasteiger partial charge in [0.05, 0.1) is 8.07 Å². The molecule has 0 aromatic heterocycles. The van der Waals surface area contributed by atoms with Crippen LogP contribution in [0, 0.1) is 32.4 Å². The van der Waals surface area contributed by atoms with Crippen LogP contribution in [0.3, 0.4) is 0 Å². The van der Waals surface area contributed by atoms with E-state index in [0.717, 1.165) is 11.4 Å². The molecule has 0 spiro atoms. The molecular weight excluding hydrogens is 555 g/mol. The molecule has 0 atom stereocenters. The average molecular weight is 582 g/mol. The SMILES string of the molecule is Cc1cc(N2C=CN(C)[CH-]2)[c-]c([Si](C)(C)c2[c-]c(N3C=CN(C)[CH-]3)ccc2)c1.[Pt+4]. The third-order valence-electron chi connectivity index (χ3n) is 5.22. The Morgan fingerprint density at radius 1 is 0.793 bits per heavy atom. The van der Waals surface area contributed by atoms with Crippen molar-refractivity contribution in [3.05, 3.63) is 86.2 Å². The van der Waals surface area contributed by atoms with Crippen LogP contribution in [0.25, 0.3) is 0 Å². The van der Waals surface area contributed by atoms with Crippen molar-refractivity contribution < 1.29 is 21.1 Å². The zero-order valence-corrected chi connectivity index (χ0v) is 20.7. The molecule has 2 heterocycles. The number of aryl methyl sites for hydroxylation is 1. The molecule has 2 aromatic rings. The Hall–Kier alpha value is -1.97. The second-order valence-electron chi connectivity index (χ2n) is 8.00. The second kappa shape index (κ2) is 8.41. The van der Waals surface area contributed by atoms with Crippen LogP contribution in [0.4, 0.5) is 11.4 Å². The molecule has 2 aromatic carbocycles. The van der Waals surface area contributed by atoms with Crippen LogP contribution in [-0.2, 0) is 21.1 Å². The Kier molecular flexibility index (Phi) is 6.30. The fourth-order valence-corrected chi connectivity index (χ4v) is 5.75. The van der Waals surface area contributed by atoms with Crippen molar-refractivity contribution >= 4 is 29.8 Å². The van der Waals surface area contributed by atoms with Gasteiger partial charge in [-0.2, -0.15) is 65.7 Å². The maximum atomic E-state index is 3.70. The van der Waals surface area contributed by atoms with Crippen LogP contribution in [0.1, 0.15) is 5.56 Å². The van der Waals surface area contributed by atoms with E-state index in [-0.39, 0.29) is 21.1 Å². The quantitative estimate of drug-likeness (QED) is 0.407. The molecule has 0 unspecified atom stereocenters. The third kappa shape index (κ3) is 4.46. The predicted molar refractivity (Wildman–Crippen MR) is 119 cm³/mol. The Balaban J connectivity index is 0.00000240. The van der Waals surface area contributed by atoms with Gasteiger partial charge >= 0.3 is 21.1 Å². The summed E-state index contributed by atoms with van der Waals surface area (Å²) in [5.74, 6) is 0. The minimum Gasteiger partial charge on any atom is -0.510 e. The summed E-state index contributed by atoms with van der Waals surface area (Å²) in [6.07, 6.45) is 8.23. The molecule has 2 aliphatic rings. The summed E-state index contributed by atoms with van der Waals surface area (Å²) >= 11 is 0. The average Bonchev–Trinajstić information content (AvgIpc) is 3.30. The van der Waals surface area contributed by atoms with E-state index in [0.29, 0.717) is 0 Å². The molecule has 2 aliphatic heterocycles. The zero-order valence-electron chi connectivity index (χ0n) is 17.5. The molecule has 152 valence electrons. The molecule has 0 saturated carbocycles. The van der Waals surface area contributed by atoms with Gasteiger partial charge in [0.2, 0.25) is 0 Å². The molecular formula is C23H26N4PtSi. The van der Waals surface area contributed by atoms with Gasteiger partial charge in [0, 0.05) is 0 Å². The van der Waals surface area contributed by atoms with Gasteiger partial charge in [0.15, 0.2) is 0 Å². The first kappa shape index (κ1) is 21.7. The van der Waals surface area contributed by atoms with Gasteiger partial charge in [0.25, 0.3) is 0 Å². The maximum Gasteiger partial charge on any atom is 4.00 e. The molecule has 6 heteroatoms. The van der Waals surface area contributed by atoms with Crippen molar-refractivity contribution in [2.24, 2.45) is 0 Å². The molecule has 0 amide bonds. The van der Waals surface area contributed by atoms with E-state index in [2.05, 4.69) is 98.0 Å². The number of hydrogen-bond donors (Lipinski definition) is 0. The van der Waals surface area contributed by atoms with E-state index in [4.69, 9.17) is 0 Å². The number of rotatable bonds is 4. The number of anilines is 2. The summed E-state index contributed by atoms with van der Waals surface area (Å²) < 4.78 is 0. The third-order valence-corrected chi connectivity index (χ3v) is 8.47. The van der Waals surface area contributed by atoms with Crippen molar-refractivity contribution in [1.82, 2.24) is 9.80 Å². The summed E-state index contributed by atoms with van der Waals surface area (Å²) in [6.45, 7) is 11.1. The van der Waals surface area contributed by atoms with E-state index in [1.807, 2.05) is 36.3 Å². The molecule has 0 fully saturated rings. The maximum absolute atomic E-state index is 3.70. The Labute approximate surface area is 190 Å². The standard InChI is InChI=1S/C23H26N4Si.Pt/c1-19-13-21(27-12-10-25(3)18-27)16-23(14-19)28(4,5)22-8-6-7-20(15-22)26-11-9-24(2)17-26;/h6-14,17-18H,1-5H3;/q-4;+4. The van der Waals surface area contributed by atoms with Gasteiger partial charge in [-0.15, -0.1) is 17.4 Å². The van der Waals surface area contributed by atoms with Crippen LogP contribution in [0.15, 0.2) is 55.1 Å². The van der Waals surface area contributed by atoms with Gasteiger partial charge in [-0.05, 0) is 38.9 Å². The minimum atomic E-state index is -1.95. The Morgan fingerprint density at radius 2 is 1.38 bits per heavy atom. The van der Waals surface area contributed by atoms with Crippen LogP contribution < -0.4 is 20.2 Å². The van der Waals surface area contributed by atoms with E-state index < -0.39 is 8.07 Å². The summed E-state index contributed by atoms with van der Waals surface area (Å²) in [6, 6.07) is 18.3. The molecule has 4 rings (SSSR count). The van der Waals surface area contributed by atoms with Gasteiger partial charge in [-0.3, -0.25) is 0 Å². The van der Waals surface area contributed by atoms with Crippen molar-refractivity contribution in [1.29, 1.82) is 0 Å². The van der Waals surface area contributed by atoms with Crippen molar-refractivity contribution in [3.63, 3.8) is 0 Å². The van der Waals surface area contributed by atoms with Gasteiger partial charge < -0.3 is 19.6 Å². The van der Waals surface area contributed by atoms with Crippen molar-refractivity contribution in [3.8, 4) is 0 Å². The number of hydrogen-bond acceptors (Lipinski definition) is 4. The van der Waals surface area contributed by atoms with Gasteiger partial charge in [-0.1, -0.05) is 20.0 Å². The minimum absolute atomic E-state index is 0. The molecule has 0 N–H and O–H groups in total. The second-order valence-corrected chi connectivity index (χ2v) is 12.3. The summed E-state index contributed by atoms with van der Waals surface area (Å²) in [5, 5.41) is 2.58. The Morgan fingerprint density at radius 3 is 1.97 bits per heavy atom. The summed E-state index contributed by atoms with van der Waals surface area (Å²) in [4.78, 5) is 8.33. The van der Waals surface area contributed by atoms with E-state index in [1.54, 1.807) is 0 Å². The number of benzene rings is 2. The first-order valence-corrected chi connectivity index (χ1v) is 12.5. The fraction of sp³-hybridized carbons (Fsp3) is 0.217. The van der Waals surface area contributed by atoms with Gasteiger partial charge in [0.1, 0.15) is 0 Å². The van der Waals surface area contributed by atoms with Crippen LogP contribution >= 0.6 is 0 Å². The van der Waals surface area contributed by atoms with E-state index in [1.165, 1.54) is 15.9 Å². The van der Waals surface area contributed by atoms with Crippen LogP contribution in [0.5, 0.6) is 0 Å². The molecule has 0 radical (unpaired) electrons. The van der Waals surface area contributed by atoms with Crippen LogP contribution in [-0.4, -0.2) is 32.0 Å². The number of nitrogens with zero attached hydrogens (tertiary/aromatic N) is 4. The summed E-state index contributed by atoms with van der Waals surface area (Å²) in [5.41, 5.74) is 3.42. The van der Waals surface area contributed by atoms with E-state index >= 15 is 0 Å². The summed E-state index contributed by atoms with van der Waals surface area (Å²) in [7, 11) is 2.11. The largest absolute Gasteiger partial charge is 4.00 e. The first-order valence-electron chi connectivity index (χ1n) is 9.47. The smallest absolute Gasteiger partial charge is 0.510 e. The Bertz CT molecular complexity index is 940. The molecule has 0 aliphatic carbocycles. The van der Waals surface area contributed by atoms with Crippen molar-refractivity contribution in [2.45, 2.75) is 20.0 Å². The molecule has 4 nitrogen and oxygen atoms in total. The predicted octanol–water partition coefficient (Wildman–Crippen LogP) is 3.10. The van der Waals surface area contributed by atoms with Gasteiger partial charge in [-0.25, -0.2) is 0 Å². The molecule has 0 bridgehead atoms. The molecule has 29 heavy (non-hydrogen) atoms. The topological polar surface area (TPSA) is 13.0 Å². The zero-order chi connectivity index (χ0) is 19.9. The normalized spacial score (nSPS) is 16.0. The molecule has 0 saturated heterocycles. The fourth-order valence-electron chi connectivity index (χ4n) is 3.47.